The van der Waals surface area contributed by atoms with Gasteiger partial charge in [0.1, 0.15) is 6.33 Å². The molecule has 6 nitrogen and oxygen atoms in total. The summed E-state index contributed by atoms with van der Waals surface area (Å²) in [7, 11) is 0. The molecule has 2 aromatic carbocycles. The highest BCUT2D eigenvalue weighted by atomic mass is 35.5. The van der Waals surface area contributed by atoms with Crippen LogP contribution in [0.1, 0.15) is 11.1 Å². The van der Waals surface area contributed by atoms with Crippen LogP contribution >= 0.6 is 11.6 Å². The maximum atomic E-state index is 12.7. The molecule has 0 unspecified atom stereocenters. The number of aromatic nitrogens is 5. The van der Waals surface area contributed by atoms with E-state index in [-0.39, 0.29) is 11.1 Å². The zero-order valence-corrected chi connectivity index (χ0v) is 14.2. The third-order valence-electron chi connectivity index (χ3n) is 4.03. The molecule has 4 rings (SSSR count). The zero-order chi connectivity index (χ0) is 17.4. The third kappa shape index (κ3) is 2.81. The van der Waals surface area contributed by atoms with Crippen LogP contribution in [0.15, 0.2) is 59.7 Å². The van der Waals surface area contributed by atoms with Gasteiger partial charge < -0.3 is 0 Å². The molecular weight excluding hydrogens is 338 g/mol. The van der Waals surface area contributed by atoms with Crippen molar-refractivity contribution in [3.8, 4) is 5.69 Å². The topological polar surface area (TPSA) is 65.6 Å². The average Bonchev–Trinajstić information content (AvgIpc) is 3.05. The lowest BCUT2D eigenvalue weighted by atomic mass is 10.2. The van der Waals surface area contributed by atoms with Crippen LogP contribution in [0.2, 0.25) is 5.02 Å². The molecule has 0 N–H and O–H groups in total. The standard InChI is InChI=1S/C18H14ClN5O/c1-12-7-8-14(9-15(12)19)24-17-16(21-22-24)18(25)23(11-20-17)10-13-5-3-2-4-6-13/h2-9,11H,10H2,1H3. The monoisotopic (exact) mass is 351 g/mol. The fourth-order valence-electron chi connectivity index (χ4n) is 2.62. The lowest BCUT2D eigenvalue weighted by Gasteiger charge is -2.06. The van der Waals surface area contributed by atoms with Crippen LogP contribution in [-0.4, -0.2) is 24.5 Å². The number of hydrogen-bond donors (Lipinski definition) is 0. The van der Waals surface area contributed by atoms with E-state index in [9.17, 15) is 4.79 Å². The van der Waals surface area contributed by atoms with E-state index in [1.807, 2.05) is 49.4 Å². The highest BCUT2D eigenvalue weighted by Gasteiger charge is 2.14. The fourth-order valence-corrected chi connectivity index (χ4v) is 2.80. The van der Waals surface area contributed by atoms with Gasteiger partial charge in [-0.3, -0.25) is 9.36 Å². The van der Waals surface area contributed by atoms with Gasteiger partial charge in [-0.2, -0.15) is 4.68 Å². The second-order valence-electron chi connectivity index (χ2n) is 5.77. The molecule has 0 amide bonds. The Labute approximate surface area is 148 Å². The van der Waals surface area contributed by atoms with Gasteiger partial charge in [0.2, 0.25) is 0 Å². The maximum absolute atomic E-state index is 12.7. The molecule has 124 valence electrons. The molecule has 0 spiro atoms. The van der Waals surface area contributed by atoms with Crippen molar-refractivity contribution in [2.24, 2.45) is 0 Å². The van der Waals surface area contributed by atoms with Crippen LogP contribution in [0.25, 0.3) is 16.9 Å². The van der Waals surface area contributed by atoms with E-state index in [1.54, 1.807) is 6.07 Å². The lowest BCUT2D eigenvalue weighted by molar-refractivity contribution is 0.745. The summed E-state index contributed by atoms with van der Waals surface area (Å²) in [4.78, 5) is 17.1. The van der Waals surface area contributed by atoms with E-state index in [0.717, 1.165) is 11.1 Å². The predicted molar refractivity (Wildman–Crippen MR) is 96.2 cm³/mol. The van der Waals surface area contributed by atoms with Crippen LogP contribution in [0.4, 0.5) is 0 Å². The largest absolute Gasteiger partial charge is 0.293 e. The Hall–Kier alpha value is -2.99. The smallest absolute Gasteiger partial charge is 0.283 e. The molecule has 0 bridgehead atoms. The van der Waals surface area contributed by atoms with E-state index < -0.39 is 0 Å². The van der Waals surface area contributed by atoms with Gasteiger partial charge in [0.15, 0.2) is 11.2 Å². The first-order valence-corrected chi connectivity index (χ1v) is 8.12. The van der Waals surface area contributed by atoms with Gasteiger partial charge in [-0.05, 0) is 30.2 Å². The van der Waals surface area contributed by atoms with Gasteiger partial charge in [0.25, 0.3) is 5.56 Å². The van der Waals surface area contributed by atoms with Crippen LogP contribution in [0.5, 0.6) is 0 Å². The third-order valence-corrected chi connectivity index (χ3v) is 4.43. The maximum Gasteiger partial charge on any atom is 0.283 e. The number of halogens is 1. The van der Waals surface area contributed by atoms with Gasteiger partial charge >= 0.3 is 0 Å². The normalized spacial score (nSPS) is 11.1. The first-order chi connectivity index (χ1) is 12.1. The van der Waals surface area contributed by atoms with Crippen molar-refractivity contribution in [2.45, 2.75) is 13.5 Å². The van der Waals surface area contributed by atoms with E-state index in [0.29, 0.717) is 22.9 Å². The Morgan fingerprint density at radius 2 is 1.92 bits per heavy atom. The minimum absolute atomic E-state index is 0.224. The second-order valence-corrected chi connectivity index (χ2v) is 6.18. The number of benzene rings is 2. The molecular formula is C18H14ClN5O. The van der Waals surface area contributed by atoms with E-state index in [1.165, 1.54) is 15.6 Å². The van der Waals surface area contributed by atoms with Gasteiger partial charge in [-0.1, -0.05) is 53.2 Å². The molecule has 0 saturated heterocycles. The molecule has 0 aliphatic rings. The number of nitrogens with zero attached hydrogens (tertiary/aromatic N) is 5. The van der Waals surface area contributed by atoms with Crippen LogP contribution in [0, 0.1) is 6.92 Å². The van der Waals surface area contributed by atoms with Crippen LogP contribution in [0.3, 0.4) is 0 Å². The van der Waals surface area contributed by atoms with Gasteiger partial charge in [0, 0.05) is 5.02 Å². The summed E-state index contributed by atoms with van der Waals surface area (Å²) in [6, 6.07) is 15.3. The van der Waals surface area contributed by atoms with Crippen molar-refractivity contribution in [3.05, 3.63) is 81.4 Å². The predicted octanol–water partition coefficient (Wildman–Crippen LogP) is 2.99. The molecule has 4 aromatic rings. The Bertz CT molecular complexity index is 1120. The van der Waals surface area contributed by atoms with Crippen molar-refractivity contribution in [1.29, 1.82) is 0 Å². The summed E-state index contributed by atoms with van der Waals surface area (Å²) in [5.74, 6) is 0. The molecule has 2 heterocycles. The molecule has 7 heteroatoms. The summed E-state index contributed by atoms with van der Waals surface area (Å²) < 4.78 is 3.05. The molecule has 0 aliphatic carbocycles. The van der Waals surface area contributed by atoms with Crippen LogP contribution < -0.4 is 5.56 Å². The number of aryl methyl sites for hydroxylation is 1. The summed E-state index contributed by atoms with van der Waals surface area (Å²) in [6.07, 6.45) is 1.52. The Balaban J connectivity index is 1.79. The van der Waals surface area contributed by atoms with Crippen molar-refractivity contribution < 1.29 is 0 Å². The Kier molecular flexibility index (Phi) is 3.82. The van der Waals surface area contributed by atoms with Gasteiger partial charge in [0.05, 0.1) is 12.2 Å². The van der Waals surface area contributed by atoms with Crippen molar-refractivity contribution in [1.82, 2.24) is 24.5 Å². The van der Waals surface area contributed by atoms with Crippen LogP contribution in [-0.2, 0) is 6.54 Å². The number of hydrogen-bond acceptors (Lipinski definition) is 4. The van der Waals surface area contributed by atoms with Crippen molar-refractivity contribution in [2.75, 3.05) is 0 Å². The molecule has 0 fully saturated rings. The summed E-state index contributed by atoms with van der Waals surface area (Å²) >= 11 is 6.18. The fraction of sp³-hybridized carbons (Fsp3) is 0.111. The van der Waals surface area contributed by atoms with Gasteiger partial charge in [-0.25, -0.2) is 4.98 Å². The van der Waals surface area contributed by atoms with E-state index in [4.69, 9.17) is 11.6 Å². The Morgan fingerprint density at radius 1 is 1.12 bits per heavy atom. The summed E-state index contributed by atoms with van der Waals surface area (Å²) in [5, 5.41) is 8.72. The highest BCUT2D eigenvalue weighted by Crippen LogP contribution is 2.20. The molecule has 0 saturated carbocycles. The first kappa shape index (κ1) is 15.5. The molecule has 0 atom stereocenters. The molecule has 0 aliphatic heterocycles. The quantitative estimate of drug-likeness (QED) is 0.569. The molecule has 2 aromatic heterocycles. The van der Waals surface area contributed by atoms with E-state index >= 15 is 0 Å². The van der Waals surface area contributed by atoms with Crippen molar-refractivity contribution >= 4 is 22.8 Å². The minimum atomic E-state index is -0.224. The SMILES string of the molecule is Cc1ccc(-n2nnc3c(=O)n(Cc4ccccc4)cnc32)cc1Cl. The summed E-state index contributed by atoms with van der Waals surface area (Å²) in [5.41, 5.74) is 3.12. The summed E-state index contributed by atoms with van der Waals surface area (Å²) in [6.45, 7) is 2.36. The second kappa shape index (κ2) is 6.14. The van der Waals surface area contributed by atoms with Crippen molar-refractivity contribution in [3.63, 3.8) is 0 Å². The van der Waals surface area contributed by atoms with E-state index in [2.05, 4.69) is 15.3 Å². The molecule has 25 heavy (non-hydrogen) atoms. The molecule has 0 radical (unpaired) electrons. The zero-order valence-electron chi connectivity index (χ0n) is 13.4. The first-order valence-electron chi connectivity index (χ1n) is 7.75. The highest BCUT2D eigenvalue weighted by molar-refractivity contribution is 6.31. The minimum Gasteiger partial charge on any atom is -0.293 e. The van der Waals surface area contributed by atoms with Gasteiger partial charge in [-0.15, -0.1) is 5.10 Å². The Morgan fingerprint density at radius 3 is 2.68 bits per heavy atom. The number of fused-ring (bicyclic) bond motifs is 1. The average molecular weight is 352 g/mol. The number of rotatable bonds is 3. The lowest BCUT2D eigenvalue weighted by Crippen LogP contribution is -2.21.